The first-order valence-corrected chi connectivity index (χ1v) is 9.90. The number of fused-ring (bicyclic) bond motifs is 1. The molecule has 3 rings (SSSR count). The number of aryl methyl sites for hydroxylation is 1. The van der Waals surface area contributed by atoms with E-state index in [0.29, 0.717) is 22.7 Å². The summed E-state index contributed by atoms with van der Waals surface area (Å²) in [6, 6.07) is 11.9. The fourth-order valence-corrected chi connectivity index (χ4v) is 3.31. The molecule has 6 heteroatoms. The number of amides is 2. The van der Waals surface area contributed by atoms with Gasteiger partial charge in [-0.25, -0.2) is 0 Å². The molecule has 1 atom stereocenters. The van der Waals surface area contributed by atoms with Crippen molar-refractivity contribution in [2.45, 2.75) is 46.1 Å². The maximum atomic E-state index is 12.8. The zero-order chi connectivity index (χ0) is 21.0. The van der Waals surface area contributed by atoms with Crippen LogP contribution >= 0.6 is 0 Å². The van der Waals surface area contributed by atoms with Gasteiger partial charge in [0.15, 0.2) is 12.4 Å². The minimum Gasteiger partial charge on any atom is -0.482 e. The summed E-state index contributed by atoms with van der Waals surface area (Å²) in [6.45, 7) is 5.13. The predicted octanol–water partition coefficient (Wildman–Crippen LogP) is 3.98. The van der Waals surface area contributed by atoms with Crippen LogP contribution in [-0.2, 0) is 16.0 Å². The van der Waals surface area contributed by atoms with Crippen LogP contribution in [0.5, 0.6) is 5.75 Å². The molecule has 1 heterocycles. The second-order valence-corrected chi connectivity index (χ2v) is 7.26. The number of rotatable bonds is 7. The molecule has 29 heavy (non-hydrogen) atoms. The molecule has 0 bridgehead atoms. The van der Waals surface area contributed by atoms with Crippen LogP contribution in [0, 0.1) is 0 Å². The number of ether oxygens (including phenoxy) is 1. The summed E-state index contributed by atoms with van der Waals surface area (Å²) in [7, 11) is 0. The molecule has 1 aliphatic heterocycles. The van der Waals surface area contributed by atoms with Crippen LogP contribution < -0.4 is 15.0 Å². The molecule has 1 aliphatic rings. The summed E-state index contributed by atoms with van der Waals surface area (Å²) in [5.41, 5.74) is 2.81. The summed E-state index contributed by atoms with van der Waals surface area (Å²) in [5.74, 6) is -0.267. The predicted molar refractivity (Wildman–Crippen MR) is 113 cm³/mol. The van der Waals surface area contributed by atoms with Gasteiger partial charge in [0.1, 0.15) is 11.8 Å². The number of nitrogens with one attached hydrogen (secondary N) is 1. The first kappa shape index (κ1) is 20.6. The number of benzene rings is 2. The van der Waals surface area contributed by atoms with Crippen molar-refractivity contribution >= 4 is 29.0 Å². The molecule has 0 aromatic heterocycles. The smallest absolute Gasteiger partial charge is 0.265 e. The molecular formula is C23H26N2O4. The van der Waals surface area contributed by atoms with Crippen molar-refractivity contribution in [3.63, 3.8) is 0 Å². The molecule has 152 valence electrons. The highest BCUT2D eigenvalue weighted by Gasteiger charge is 2.33. The third-order valence-corrected chi connectivity index (χ3v) is 5.05. The van der Waals surface area contributed by atoms with E-state index in [2.05, 4.69) is 12.2 Å². The van der Waals surface area contributed by atoms with E-state index in [0.717, 1.165) is 19.3 Å². The fraction of sp³-hybridized carbons (Fsp3) is 0.348. The highest BCUT2D eigenvalue weighted by molar-refractivity contribution is 6.07. The van der Waals surface area contributed by atoms with Gasteiger partial charge in [-0.3, -0.25) is 19.3 Å². The molecule has 0 saturated carbocycles. The lowest BCUT2D eigenvalue weighted by Crippen LogP contribution is -2.49. The second kappa shape index (κ2) is 8.90. The third kappa shape index (κ3) is 4.65. The highest BCUT2D eigenvalue weighted by Crippen LogP contribution is 2.34. The Morgan fingerprint density at radius 3 is 2.55 bits per heavy atom. The molecular weight excluding hydrogens is 368 g/mol. The van der Waals surface area contributed by atoms with Crippen molar-refractivity contribution in [2.75, 3.05) is 16.8 Å². The largest absolute Gasteiger partial charge is 0.482 e. The normalized spacial score (nSPS) is 14.0. The van der Waals surface area contributed by atoms with Gasteiger partial charge >= 0.3 is 0 Å². The van der Waals surface area contributed by atoms with Gasteiger partial charge in [-0.15, -0.1) is 0 Å². The monoisotopic (exact) mass is 394 g/mol. The quantitative estimate of drug-likeness (QED) is 0.721. The van der Waals surface area contributed by atoms with Gasteiger partial charge in [0, 0.05) is 11.3 Å². The van der Waals surface area contributed by atoms with Crippen LogP contribution in [0.4, 0.5) is 11.4 Å². The lowest BCUT2D eigenvalue weighted by molar-refractivity contribution is -0.125. The molecule has 1 N–H and O–H groups in total. The topological polar surface area (TPSA) is 75.7 Å². The number of carbonyl (C=O) groups excluding carboxylic acids is 3. The van der Waals surface area contributed by atoms with Crippen LogP contribution in [0.1, 0.15) is 49.5 Å². The van der Waals surface area contributed by atoms with Crippen LogP contribution in [0.2, 0.25) is 0 Å². The molecule has 0 fully saturated rings. The van der Waals surface area contributed by atoms with E-state index in [9.17, 15) is 14.4 Å². The zero-order valence-corrected chi connectivity index (χ0v) is 17.0. The number of hydrogen-bond acceptors (Lipinski definition) is 4. The number of ketones is 1. The van der Waals surface area contributed by atoms with E-state index in [4.69, 9.17) is 4.74 Å². The van der Waals surface area contributed by atoms with Crippen molar-refractivity contribution in [1.29, 1.82) is 0 Å². The number of unbranched alkanes of at least 4 members (excludes halogenated alkanes) is 1. The molecule has 0 radical (unpaired) electrons. The third-order valence-electron chi connectivity index (χ3n) is 5.05. The number of nitrogens with zero attached hydrogens (tertiary/aromatic N) is 1. The Kier molecular flexibility index (Phi) is 6.32. The summed E-state index contributed by atoms with van der Waals surface area (Å²) in [6.07, 6.45) is 3.28. The van der Waals surface area contributed by atoms with Gasteiger partial charge < -0.3 is 10.1 Å². The molecule has 6 nitrogen and oxygen atoms in total. The Labute approximate surface area is 170 Å². The van der Waals surface area contributed by atoms with E-state index >= 15 is 0 Å². The molecule has 2 aromatic carbocycles. The van der Waals surface area contributed by atoms with E-state index in [1.807, 2.05) is 24.3 Å². The lowest BCUT2D eigenvalue weighted by Gasteiger charge is -2.33. The van der Waals surface area contributed by atoms with E-state index < -0.39 is 6.04 Å². The van der Waals surface area contributed by atoms with Gasteiger partial charge in [0.2, 0.25) is 5.91 Å². The van der Waals surface area contributed by atoms with Gasteiger partial charge in [-0.2, -0.15) is 0 Å². The fourth-order valence-electron chi connectivity index (χ4n) is 3.31. The second-order valence-electron chi connectivity index (χ2n) is 7.26. The molecule has 0 aliphatic carbocycles. The number of Topliss-reactive ketones (excluding diaryl/α,β-unsaturated/α-hetero) is 1. The zero-order valence-electron chi connectivity index (χ0n) is 17.0. The van der Waals surface area contributed by atoms with Crippen LogP contribution in [0.15, 0.2) is 42.5 Å². The number of hydrogen-bond donors (Lipinski definition) is 1. The average Bonchev–Trinajstić information content (AvgIpc) is 2.72. The summed E-state index contributed by atoms with van der Waals surface area (Å²) in [4.78, 5) is 38.5. The van der Waals surface area contributed by atoms with E-state index in [1.54, 1.807) is 25.1 Å². The molecule has 1 unspecified atom stereocenters. The van der Waals surface area contributed by atoms with Crippen molar-refractivity contribution in [3.05, 3.63) is 53.6 Å². The van der Waals surface area contributed by atoms with Crippen LogP contribution in [0.25, 0.3) is 0 Å². The minimum atomic E-state index is -0.757. The van der Waals surface area contributed by atoms with Crippen molar-refractivity contribution in [1.82, 2.24) is 0 Å². The van der Waals surface area contributed by atoms with Gasteiger partial charge in [-0.05, 0) is 62.6 Å². The molecule has 2 amide bonds. The Bertz CT molecular complexity index is 921. The van der Waals surface area contributed by atoms with Crippen molar-refractivity contribution < 1.29 is 19.1 Å². The number of carbonyl (C=O) groups is 3. The molecule has 0 spiro atoms. The maximum absolute atomic E-state index is 12.8. The van der Waals surface area contributed by atoms with Crippen molar-refractivity contribution in [3.8, 4) is 5.75 Å². The Hall–Kier alpha value is -3.15. The van der Waals surface area contributed by atoms with Gasteiger partial charge in [-0.1, -0.05) is 25.5 Å². The van der Waals surface area contributed by atoms with E-state index in [1.165, 1.54) is 17.4 Å². The first-order valence-electron chi connectivity index (χ1n) is 9.90. The SMILES string of the molecule is CCCCc1ccc(NC(=O)C(C)N2C(=O)COc3ccc(C(C)=O)cc32)cc1. The Morgan fingerprint density at radius 1 is 1.17 bits per heavy atom. The summed E-state index contributed by atoms with van der Waals surface area (Å²) < 4.78 is 5.46. The maximum Gasteiger partial charge on any atom is 0.265 e. The highest BCUT2D eigenvalue weighted by atomic mass is 16.5. The lowest BCUT2D eigenvalue weighted by atomic mass is 10.1. The van der Waals surface area contributed by atoms with Gasteiger partial charge in [0.05, 0.1) is 5.69 Å². The Balaban J connectivity index is 1.78. The van der Waals surface area contributed by atoms with Crippen LogP contribution in [-0.4, -0.2) is 30.2 Å². The number of anilines is 2. The standard InChI is InChI=1S/C23H26N2O4/c1-4-5-6-17-7-10-19(11-8-17)24-23(28)15(2)25-20-13-18(16(3)26)9-12-21(20)29-14-22(25)27/h7-13,15H,4-6,14H2,1-3H3,(H,24,28). The first-order chi connectivity index (χ1) is 13.9. The minimum absolute atomic E-state index is 0.119. The summed E-state index contributed by atoms with van der Waals surface area (Å²) in [5, 5.41) is 2.87. The molecule has 2 aromatic rings. The van der Waals surface area contributed by atoms with Crippen LogP contribution in [0.3, 0.4) is 0 Å². The summed E-state index contributed by atoms with van der Waals surface area (Å²) >= 11 is 0. The molecule has 0 saturated heterocycles. The van der Waals surface area contributed by atoms with E-state index in [-0.39, 0.29) is 24.2 Å². The van der Waals surface area contributed by atoms with Gasteiger partial charge in [0.25, 0.3) is 5.91 Å². The average molecular weight is 394 g/mol. The Morgan fingerprint density at radius 2 is 1.90 bits per heavy atom. The van der Waals surface area contributed by atoms with Crippen molar-refractivity contribution in [2.24, 2.45) is 0 Å².